The maximum absolute atomic E-state index is 9.44. The van der Waals surface area contributed by atoms with Crippen LogP contribution in [0, 0.1) is 0 Å². The number of hydrogen-bond donors (Lipinski definition) is 2. The van der Waals surface area contributed by atoms with Crippen LogP contribution in [0.25, 0.3) is 0 Å². The summed E-state index contributed by atoms with van der Waals surface area (Å²) in [5.74, 6) is 0. The highest BCUT2D eigenvalue weighted by atomic mass is 79.9. The molecule has 3 nitrogen and oxygen atoms in total. The van der Waals surface area contributed by atoms with Crippen LogP contribution < -0.4 is 10.2 Å². The Kier molecular flexibility index (Phi) is 5.83. The normalized spacial score (nSPS) is 13.4. The van der Waals surface area contributed by atoms with Crippen LogP contribution in [-0.2, 0) is 0 Å². The van der Waals surface area contributed by atoms with E-state index in [0.29, 0.717) is 6.04 Å². The first-order valence-electron chi connectivity index (χ1n) is 6.71. The molecule has 0 radical (unpaired) electrons. The topological polar surface area (TPSA) is 35.5 Å². The number of rotatable bonds is 6. The molecular formula is C15H25BrN2O. The molecule has 0 aliphatic heterocycles. The summed E-state index contributed by atoms with van der Waals surface area (Å²) in [6.07, 6.45) is 0. The molecule has 0 fully saturated rings. The molecular weight excluding hydrogens is 304 g/mol. The van der Waals surface area contributed by atoms with Crippen LogP contribution in [-0.4, -0.2) is 30.8 Å². The standard InChI is InChI=1S/C15H25BrN2O/c1-6-17-11(2)13-8-7-12(9-14(13)16)18(5)15(3,4)10-19/h7-9,11,17,19H,6,10H2,1-5H3. The van der Waals surface area contributed by atoms with Crippen molar-refractivity contribution in [2.45, 2.75) is 39.3 Å². The third kappa shape index (κ3) is 3.94. The van der Waals surface area contributed by atoms with Gasteiger partial charge in [-0.15, -0.1) is 0 Å². The molecule has 0 saturated carbocycles. The van der Waals surface area contributed by atoms with Crippen LogP contribution in [0.15, 0.2) is 22.7 Å². The second-order valence-corrected chi connectivity index (χ2v) is 6.37. The maximum atomic E-state index is 9.44. The van der Waals surface area contributed by atoms with Crippen molar-refractivity contribution in [1.82, 2.24) is 5.32 Å². The van der Waals surface area contributed by atoms with Crippen molar-refractivity contribution >= 4 is 21.6 Å². The van der Waals surface area contributed by atoms with Gasteiger partial charge in [-0.1, -0.05) is 28.9 Å². The predicted octanol–water partition coefficient (Wildman–Crippen LogP) is 3.33. The molecule has 0 spiro atoms. The Morgan fingerprint density at radius 1 is 1.42 bits per heavy atom. The van der Waals surface area contributed by atoms with Crippen LogP contribution in [0.5, 0.6) is 0 Å². The fourth-order valence-electron chi connectivity index (χ4n) is 1.95. The summed E-state index contributed by atoms with van der Waals surface area (Å²) in [5.41, 5.74) is 2.08. The highest BCUT2D eigenvalue weighted by molar-refractivity contribution is 9.10. The van der Waals surface area contributed by atoms with Crippen LogP contribution in [0.2, 0.25) is 0 Å². The Bertz CT molecular complexity index is 421. The summed E-state index contributed by atoms with van der Waals surface area (Å²) in [5, 5.41) is 12.9. The predicted molar refractivity (Wildman–Crippen MR) is 85.8 cm³/mol. The lowest BCUT2D eigenvalue weighted by molar-refractivity contribution is 0.216. The van der Waals surface area contributed by atoms with Gasteiger partial charge in [0.05, 0.1) is 12.1 Å². The average molecular weight is 329 g/mol. The number of nitrogens with zero attached hydrogens (tertiary/aromatic N) is 1. The van der Waals surface area contributed by atoms with Crippen molar-refractivity contribution in [3.05, 3.63) is 28.2 Å². The van der Waals surface area contributed by atoms with E-state index >= 15 is 0 Å². The van der Waals surface area contributed by atoms with Crippen molar-refractivity contribution < 1.29 is 5.11 Å². The van der Waals surface area contributed by atoms with Crippen molar-refractivity contribution in [1.29, 1.82) is 0 Å². The molecule has 0 saturated heterocycles. The molecule has 0 amide bonds. The Balaban J connectivity index is 3.00. The summed E-state index contributed by atoms with van der Waals surface area (Å²) < 4.78 is 1.10. The molecule has 1 rings (SSSR count). The largest absolute Gasteiger partial charge is 0.394 e. The van der Waals surface area contributed by atoms with Gasteiger partial charge in [0.1, 0.15) is 0 Å². The van der Waals surface area contributed by atoms with Gasteiger partial charge in [-0.3, -0.25) is 0 Å². The summed E-state index contributed by atoms with van der Waals surface area (Å²) in [4.78, 5) is 2.10. The molecule has 4 heteroatoms. The first-order valence-corrected chi connectivity index (χ1v) is 7.50. The summed E-state index contributed by atoms with van der Waals surface area (Å²) >= 11 is 3.65. The molecule has 1 aromatic carbocycles. The highest BCUT2D eigenvalue weighted by Gasteiger charge is 2.23. The van der Waals surface area contributed by atoms with Crippen LogP contribution >= 0.6 is 15.9 Å². The molecule has 0 aromatic heterocycles. The van der Waals surface area contributed by atoms with Gasteiger partial charge in [-0.05, 0) is 45.0 Å². The Labute approximate surface area is 125 Å². The second-order valence-electron chi connectivity index (χ2n) is 5.51. The number of aliphatic hydroxyl groups is 1. The zero-order chi connectivity index (χ0) is 14.6. The van der Waals surface area contributed by atoms with Gasteiger partial charge in [0, 0.05) is 23.2 Å². The first kappa shape index (κ1) is 16.5. The minimum Gasteiger partial charge on any atom is -0.394 e. The van der Waals surface area contributed by atoms with E-state index in [0.717, 1.165) is 16.7 Å². The third-order valence-electron chi connectivity index (χ3n) is 3.64. The van der Waals surface area contributed by atoms with E-state index in [2.05, 4.69) is 58.2 Å². The number of likely N-dealkylation sites (N-methyl/N-ethyl adjacent to an activating group) is 1. The number of hydrogen-bond acceptors (Lipinski definition) is 3. The summed E-state index contributed by atoms with van der Waals surface area (Å²) in [6, 6.07) is 6.67. The highest BCUT2D eigenvalue weighted by Crippen LogP contribution is 2.30. The van der Waals surface area contributed by atoms with Crippen molar-refractivity contribution in [3.63, 3.8) is 0 Å². The summed E-state index contributed by atoms with van der Waals surface area (Å²) in [7, 11) is 2.01. The Hall–Kier alpha value is -0.580. The van der Waals surface area contributed by atoms with Gasteiger partial charge in [0.15, 0.2) is 0 Å². The van der Waals surface area contributed by atoms with E-state index in [4.69, 9.17) is 0 Å². The van der Waals surface area contributed by atoms with Crippen molar-refractivity contribution in [2.24, 2.45) is 0 Å². The van der Waals surface area contributed by atoms with E-state index < -0.39 is 0 Å². The zero-order valence-electron chi connectivity index (χ0n) is 12.5. The van der Waals surface area contributed by atoms with Crippen molar-refractivity contribution in [2.75, 3.05) is 25.1 Å². The van der Waals surface area contributed by atoms with Crippen molar-refractivity contribution in [3.8, 4) is 0 Å². The minimum atomic E-state index is -0.270. The Morgan fingerprint density at radius 2 is 2.05 bits per heavy atom. The lowest BCUT2D eigenvalue weighted by Crippen LogP contribution is -2.44. The minimum absolute atomic E-state index is 0.122. The van der Waals surface area contributed by atoms with E-state index in [1.807, 2.05) is 20.9 Å². The second kappa shape index (κ2) is 6.73. The fraction of sp³-hybridized carbons (Fsp3) is 0.600. The average Bonchev–Trinajstić information content (AvgIpc) is 2.37. The molecule has 108 valence electrons. The monoisotopic (exact) mass is 328 g/mol. The smallest absolute Gasteiger partial charge is 0.0658 e. The van der Waals surface area contributed by atoms with Gasteiger partial charge in [-0.2, -0.15) is 0 Å². The van der Waals surface area contributed by atoms with Gasteiger partial charge < -0.3 is 15.3 Å². The SMILES string of the molecule is CCNC(C)c1ccc(N(C)C(C)(C)CO)cc1Br. The number of aliphatic hydroxyl groups excluding tert-OH is 1. The Morgan fingerprint density at radius 3 is 2.53 bits per heavy atom. The molecule has 1 atom stereocenters. The molecule has 1 unspecified atom stereocenters. The number of halogens is 1. The van der Waals surface area contributed by atoms with Gasteiger partial charge >= 0.3 is 0 Å². The lowest BCUT2D eigenvalue weighted by Gasteiger charge is -2.36. The quantitative estimate of drug-likeness (QED) is 0.840. The number of benzene rings is 1. The van der Waals surface area contributed by atoms with E-state index in [1.54, 1.807) is 0 Å². The van der Waals surface area contributed by atoms with Crippen LogP contribution in [0.1, 0.15) is 39.3 Å². The van der Waals surface area contributed by atoms with Gasteiger partial charge in [0.25, 0.3) is 0 Å². The maximum Gasteiger partial charge on any atom is 0.0658 e. The van der Waals surface area contributed by atoms with E-state index in [1.165, 1.54) is 5.56 Å². The molecule has 1 aromatic rings. The van der Waals surface area contributed by atoms with Gasteiger partial charge in [0.2, 0.25) is 0 Å². The number of nitrogens with one attached hydrogen (secondary N) is 1. The lowest BCUT2D eigenvalue weighted by atomic mass is 10.0. The summed E-state index contributed by atoms with van der Waals surface area (Å²) in [6.45, 7) is 9.39. The fourth-order valence-corrected chi connectivity index (χ4v) is 2.66. The molecule has 0 aliphatic rings. The molecule has 0 aliphatic carbocycles. The third-order valence-corrected chi connectivity index (χ3v) is 4.33. The van der Waals surface area contributed by atoms with Crippen LogP contribution in [0.3, 0.4) is 0 Å². The zero-order valence-corrected chi connectivity index (χ0v) is 14.1. The molecule has 0 bridgehead atoms. The van der Waals surface area contributed by atoms with E-state index in [9.17, 15) is 5.11 Å². The van der Waals surface area contributed by atoms with Gasteiger partial charge in [-0.25, -0.2) is 0 Å². The first-order chi connectivity index (χ1) is 8.83. The molecule has 19 heavy (non-hydrogen) atoms. The number of anilines is 1. The van der Waals surface area contributed by atoms with E-state index in [-0.39, 0.29) is 12.1 Å². The molecule has 0 heterocycles. The van der Waals surface area contributed by atoms with Crippen LogP contribution in [0.4, 0.5) is 5.69 Å². The molecule has 2 N–H and O–H groups in total.